The van der Waals surface area contributed by atoms with Gasteiger partial charge in [-0.2, -0.15) is 5.26 Å². The molecular formula is C14H12IN3O. The number of nitrogens with zero attached hydrogens (tertiary/aromatic N) is 3. The van der Waals surface area contributed by atoms with Gasteiger partial charge in [0.15, 0.2) is 0 Å². The SMILES string of the molecule is N#Cc1ccc(I)c(CCCOc2cnccn2)c1. The normalized spacial score (nSPS) is 9.89. The van der Waals surface area contributed by atoms with Crippen LogP contribution in [-0.4, -0.2) is 16.6 Å². The number of benzene rings is 1. The third-order valence-electron chi connectivity index (χ3n) is 2.55. The van der Waals surface area contributed by atoms with Crippen molar-refractivity contribution in [2.75, 3.05) is 6.61 Å². The summed E-state index contributed by atoms with van der Waals surface area (Å²) in [5.41, 5.74) is 1.88. The van der Waals surface area contributed by atoms with Crippen molar-refractivity contribution in [2.45, 2.75) is 12.8 Å². The molecule has 0 aliphatic carbocycles. The monoisotopic (exact) mass is 365 g/mol. The van der Waals surface area contributed by atoms with Crippen molar-refractivity contribution in [3.05, 3.63) is 51.5 Å². The fraction of sp³-hybridized carbons (Fsp3) is 0.214. The van der Waals surface area contributed by atoms with Gasteiger partial charge in [0.25, 0.3) is 0 Å². The van der Waals surface area contributed by atoms with Crippen molar-refractivity contribution in [3.63, 3.8) is 0 Å². The van der Waals surface area contributed by atoms with Crippen LogP contribution in [0.25, 0.3) is 0 Å². The molecule has 0 saturated carbocycles. The molecule has 0 bridgehead atoms. The smallest absolute Gasteiger partial charge is 0.232 e. The van der Waals surface area contributed by atoms with Gasteiger partial charge in [-0.1, -0.05) is 0 Å². The van der Waals surface area contributed by atoms with Crippen molar-refractivity contribution >= 4 is 22.6 Å². The maximum Gasteiger partial charge on any atom is 0.232 e. The van der Waals surface area contributed by atoms with Gasteiger partial charge in [0.05, 0.1) is 24.4 Å². The number of ether oxygens (including phenoxy) is 1. The van der Waals surface area contributed by atoms with E-state index in [-0.39, 0.29) is 0 Å². The van der Waals surface area contributed by atoms with Gasteiger partial charge in [0, 0.05) is 16.0 Å². The number of aromatic nitrogens is 2. The average molecular weight is 365 g/mol. The third kappa shape index (κ3) is 4.17. The first-order chi connectivity index (χ1) is 9.29. The Labute approximate surface area is 125 Å². The van der Waals surface area contributed by atoms with Crippen molar-refractivity contribution < 1.29 is 4.74 Å². The summed E-state index contributed by atoms with van der Waals surface area (Å²) in [5, 5.41) is 8.88. The quantitative estimate of drug-likeness (QED) is 0.604. The van der Waals surface area contributed by atoms with Crippen LogP contribution in [0.15, 0.2) is 36.8 Å². The molecule has 1 heterocycles. The molecule has 1 aromatic heterocycles. The van der Waals surface area contributed by atoms with Crippen LogP contribution >= 0.6 is 22.6 Å². The van der Waals surface area contributed by atoms with E-state index in [1.54, 1.807) is 18.6 Å². The number of rotatable bonds is 5. The topological polar surface area (TPSA) is 58.8 Å². The van der Waals surface area contributed by atoms with Gasteiger partial charge in [0.1, 0.15) is 0 Å². The average Bonchev–Trinajstić information content (AvgIpc) is 2.46. The summed E-state index contributed by atoms with van der Waals surface area (Å²) < 4.78 is 6.66. The number of halogens is 1. The Morgan fingerprint density at radius 2 is 2.21 bits per heavy atom. The van der Waals surface area contributed by atoms with E-state index in [1.807, 2.05) is 18.2 Å². The molecule has 0 N–H and O–H groups in total. The Balaban J connectivity index is 1.85. The number of hydrogen-bond acceptors (Lipinski definition) is 4. The van der Waals surface area contributed by atoms with Gasteiger partial charge in [-0.25, -0.2) is 4.98 Å². The minimum Gasteiger partial charge on any atom is -0.477 e. The molecule has 5 heteroatoms. The summed E-state index contributed by atoms with van der Waals surface area (Å²) in [7, 11) is 0. The van der Waals surface area contributed by atoms with Gasteiger partial charge in [-0.3, -0.25) is 4.98 Å². The molecule has 0 aliphatic rings. The zero-order valence-electron chi connectivity index (χ0n) is 10.2. The number of hydrogen-bond donors (Lipinski definition) is 0. The van der Waals surface area contributed by atoms with E-state index < -0.39 is 0 Å². The highest BCUT2D eigenvalue weighted by atomic mass is 127. The van der Waals surface area contributed by atoms with Gasteiger partial charge >= 0.3 is 0 Å². The Kier molecular flexibility index (Phi) is 5.10. The highest BCUT2D eigenvalue weighted by molar-refractivity contribution is 14.1. The molecule has 0 amide bonds. The summed E-state index contributed by atoms with van der Waals surface area (Å²) in [6.45, 7) is 0.589. The minimum absolute atomic E-state index is 0.544. The van der Waals surface area contributed by atoms with E-state index in [2.05, 4.69) is 38.6 Å². The lowest BCUT2D eigenvalue weighted by Crippen LogP contribution is -2.02. The first-order valence-corrected chi connectivity index (χ1v) is 6.95. The van der Waals surface area contributed by atoms with Gasteiger partial charge < -0.3 is 4.74 Å². The lowest BCUT2D eigenvalue weighted by Gasteiger charge is -2.06. The molecule has 0 atom stereocenters. The molecule has 19 heavy (non-hydrogen) atoms. The zero-order chi connectivity index (χ0) is 13.5. The van der Waals surface area contributed by atoms with E-state index in [0.29, 0.717) is 18.1 Å². The summed E-state index contributed by atoms with van der Waals surface area (Å²) in [6.07, 6.45) is 6.58. The second-order valence-electron chi connectivity index (χ2n) is 3.91. The van der Waals surface area contributed by atoms with Crippen molar-refractivity contribution in [3.8, 4) is 11.9 Å². The van der Waals surface area contributed by atoms with E-state index in [1.165, 1.54) is 9.13 Å². The lowest BCUT2D eigenvalue weighted by atomic mass is 10.1. The molecule has 1 aromatic carbocycles. The molecule has 0 saturated heterocycles. The molecule has 0 radical (unpaired) electrons. The molecule has 0 spiro atoms. The van der Waals surface area contributed by atoms with E-state index in [9.17, 15) is 0 Å². The molecular weight excluding hydrogens is 353 g/mol. The Morgan fingerprint density at radius 3 is 2.95 bits per heavy atom. The van der Waals surface area contributed by atoms with Crippen LogP contribution in [0.1, 0.15) is 17.5 Å². The van der Waals surface area contributed by atoms with E-state index in [4.69, 9.17) is 10.00 Å². The van der Waals surface area contributed by atoms with Crippen LogP contribution < -0.4 is 4.74 Å². The fourth-order valence-corrected chi connectivity index (χ4v) is 2.24. The molecule has 0 fully saturated rings. The minimum atomic E-state index is 0.544. The lowest BCUT2D eigenvalue weighted by molar-refractivity contribution is 0.298. The Hall–Kier alpha value is -1.68. The first kappa shape index (κ1) is 13.7. The van der Waals surface area contributed by atoms with Crippen molar-refractivity contribution in [1.29, 1.82) is 5.26 Å². The van der Waals surface area contributed by atoms with Gasteiger partial charge in [-0.15, -0.1) is 0 Å². The molecule has 96 valence electrons. The van der Waals surface area contributed by atoms with Crippen LogP contribution in [-0.2, 0) is 6.42 Å². The highest BCUT2D eigenvalue weighted by Crippen LogP contribution is 2.16. The molecule has 2 rings (SSSR count). The number of aryl methyl sites for hydroxylation is 1. The maximum absolute atomic E-state index is 8.88. The second-order valence-corrected chi connectivity index (χ2v) is 5.08. The van der Waals surface area contributed by atoms with Crippen LogP contribution in [0.5, 0.6) is 5.88 Å². The standard InChI is InChI=1S/C14H12IN3O/c15-13-4-3-11(9-16)8-12(13)2-1-7-19-14-10-17-5-6-18-14/h3-6,8,10H,1-2,7H2. The van der Waals surface area contributed by atoms with E-state index >= 15 is 0 Å². The number of nitriles is 1. The second kappa shape index (κ2) is 7.04. The van der Waals surface area contributed by atoms with Crippen LogP contribution in [0, 0.1) is 14.9 Å². The van der Waals surface area contributed by atoms with E-state index in [0.717, 1.165) is 12.8 Å². The third-order valence-corrected chi connectivity index (χ3v) is 3.61. The summed E-state index contributed by atoms with van der Waals surface area (Å²) in [5.74, 6) is 0.544. The highest BCUT2D eigenvalue weighted by Gasteiger charge is 2.02. The zero-order valence-corrected chi connectivity index (χ0v) is 12.4. The predicted molar refractivity (Wildman–Crippen MR) is 79.7 cm³/mol. The van der Waals surface area contributed by atoms with Crippen molar-refractivity contribution in [1.82, 2.24) is 9.97 Å². The molecule has 2 aromatic rings. The summed E-state index contributed by atoms with van der Waals surface area (Å²) in [6, 6.07) is 7.90. The molecule has 0 unspecified atom stereocenters. The maximum atomic E-state index is 8.88. The van der Waals surface area contributed by atoms with Crippen molar-refractivity contribution in [2.24, 2.45) is 0 Å². The summed E-state index contributed by atoms with van der Waals surface area (Å²) >= 11 is 2.28. The summed E-state index contributed by atoms with van der Waals surface area (Å²) in [4.78, 5) is 7.97. The van der Waals surface area contributed by atoms with Gasteiger partial charge in [-0.05, 0) is 59.2 Å². The fourth-order valence-electron chi connectivity index (χ4n) is 1.64. The first-order valence-electron chi connectivity index (χ1n) is 5.87. The Bertz CT molecular complexity index is 581. The van der Waals surface area contributed by atoms with Crippen LogP contribution in [0.3, 0.4) is 0 Å². The van der Waals surface area contributed by atoms with Crippen LogP contribution in [0.4, 0.5) is 0 Å². The molecule has 0 aliphatic heterocycles. The van der Waals surface area contributed by atoms with Gasteiger partial charge in [0.2, 0.25) is 5.88 Å². The molecule has 4 nitrogen and oxygen atoms in total. The predicted octanol–water partition coefficient (Wildman–Crippen LogP) is 2.96. The van der Waals surface area contributed by atoms with Crippen LogP contribution in [0.2, 0.25) is 0 Å². The Morgan fingerprint density at radius 1 is 1.32 bits per heavy atom. The largest absolute Gasteiger partial charge is 0.477 e.